The predicted octanol–water partition coefficient (Wildman–Crippen LogP) is 2.82. The molecule has 3 N–H and O–H groups in total. The molecular weight excluding hydrogens is 250 g/mol. The van der Waals surface area contributed by atoms with Crippen LogP contribution in [0.2, 0.25) is 0 Å². The fourth-order valence-electron chi connectivity index (χ4n) is 2.39. The lowest BCUT2D eigenvalue weighted by atomic mass is 10.2. The van der Waals surface area contributed by atoms with Gasteiger partial charge >= 0.3 is 0 Å². The summed E-state index contributed by atoms with van der Waals surface area (Å²) < 4.78 is 0. The van der Waals surface area contributed by atoms with Crippen molar-refractivity contribution in [2.45, 2.75) is 52.9 Å². The Labute approximate surface area is 121 Å². The van der Waals surface area contributed by atoms with Gasteiger partial charge in [0.25, 0.3) is 0 Å². The van der Waals surface area contributed by atoms with E-state index < -0.39 is 0 Å². The van der Waals surface area contributed by atoms with Gasteiger partial charge < -0.3 is 10.3 Å². The summed E-state index contributed by atoms with van der Waals surface area (Å²) in [4.78, 5) is 11.7. The molecule has 5 heteroatoms. The Kier molecular flexibility index (Phi) is 4.81. The monoisotopic (exact) mass is 277 g/mol. The summed E-state index contributed by atoms with van der Waals surface area (Å²) in [6.45, 7) is 10.6. The van der Waals surface area contributed by atoms with E-state index in [1.54, 1.807) is 0 Å². The van der Waals surface area contributed by atoms with Crippen LogP contribution in [0.1, 0.15) is 57.3 Å². The van der Waals surface area contributed by atoms with E-state index in [4.69, 9.17) is 10.8 Å². The fourth-order valence-corrected chi connectivity index (χ4v) is 2.39. The molecule has 1 fully saturated rings. The SMILES string of the molecule is CCCN(CC1CC1)c1nc(C(C)C)nc(NN)c1C. The standard InChI is InChI=1S/C15H27N5/c1-5-8-20(9-12-6-7-12)15-11(4)14(19-16)17-13(18-15)10(2)3/h10,12H,5-9,16H2,1-4H3,(H,17,18,19). The third-order valence-electron chi connectivity index (χ3n) is 3.76. The first-order chi connectivity index (χ1) is 9.56. The highest BCUT2D eigenvalue weighted by Crippen LogP contribution is 2.33. The molecular formula is C15H27N5. The van der Waals surface area contributed by atoms with Gasteiger partial charge in [-0.1, -0.05) is 20.8 Å². The molecule has 0 bridgehead atoms. The van der Waals surface area contributed by atoms with Gasteiger partial charge in [-0.3, -0.25) is 0 Å². The van der Waals surface area contributed by atoms with E-state index in [0.29, 0.717) is 5.92 Å². The lowest BCUT2D eigenvalue weighted by Crippen LogP contribution is -2.29. The van der Waals surface area contributed by atoms with E-state index in [2.05, 4.69) is 36.1 Å². The molecule has 0 saturated heterocycles. The van der Waals surface area contributed by atoms with Gasteiger partial charge in [0.2, 0.25) is 0 Å². The maximum atomic E-state index is 5.62. The first-order valence-corrected chi connectivity index (χ1v) is 7.66. The van der Waals surface area contributed by atoms with Gasteiger partial charge in [0.05, 0.1) is 0 Å². The summed E-state index contributed by atoms with van der Waals surface area (Å²) >= 11 is 0. The number of hydrazine groups is 1. The molecule has 1 saturated carbocycles. The summed E-state index contributed by atoms with van der Waals surface area (Å²) in [7, 11) is 0. The fraction of sp³-hybridized carbons (Fsp3) is 0.733. The Hall–Kier alpha value is -1.36. The maximum Gasteiger partial charge on any atom is 0.148 e. The van der Waals surface area contributed by atoms with Crippen LogP contribution in [0.4, 0.5) is 11.6 Å². The van der Waals surface area contributed by atoms with E-state index in [1.807, 2.05) is 6.92 Å². The summed E-state index contributed by atoms with van der Waals surface area (Å²) in [6.07, 6.45) is 3.82. The van der Waals surface area contributed by atoms with Crippen molar-refractivity contribution >= 4 is 11.6 Å². The zero-order valence-corrected chi connectivity index (χ0v) is 13.1. The molecule has 0 spiro atoms. The van der Waals surface area contributed by atoms with Crippen LogP contribution in [0.3, 0.4) is 0 Å². The molecule has 112 valence electrons. The minimum atomic E-state index is 0.297. The van der Waals surface area contributed by atoms with E-state index in [1.165, 1.54) is 12.8 Å². The van der Waals surface area contributed by atoms with Crippen LogP contribution in [-0.4, -0.2) is 23.1 Å². The summed E-state index contributed by atoms with van der Waals surface area (Å²) in [5.41, 5.74) is 3.77. The van der Waals surface area contributed by atoms with Crippen molar-refractivity contribution in [2.75, 3.05) is 23.4 Å². The van der Waals surface area contributed by atoms with Gasteiger partial charge in [-0.15, -0.1) is 0 Å². The quantitative estimate of drug-likeness (QED) is 0.592. The number of nitrogens with one attached hydrogen (secondary N) is 1. The number of nitrogen functional groups attached to an aromatic ring is 1. The molecule has 5 nitrogen and oxygen atoms in total. The van der Waals surface area contributed by atoms with Crippen molar-refractivity contribution < 1.29 is 0 Å². The molecule has 0 amide bonds. The van der Waals surface area contributed by atoms with Crippen molar-refractivity contribution in [3.05, 3.63) is 11.4 Å². The molecule has 0 atom stereocenters. The molecule has 1 aliphatic carbocycles. The van der Waals surface area contributed by atoms with Gasteiger partial charge in [0.1, 0.15) is 17.5 Å². The average molecular weight is 277 g/mol. The van der Waals surface area contributed by atoms with E-state index in [9.17, 15) is 0 Å². The molecule has 20 heavy (non-hydrogen) atoms. The third-order valence-corrected chi connectivity index (χ3v) is 3.76. The van der Waals surface area contributed by atoms with Crippen molar-refractivity contribution in [2.24, 2.45) is 11.8 Å². The van der Waals surface area contributed by atoms with Crippen LogP contribution >= 0.6 is 0 Å². The highest BCUT2D eigenvalue weighted by atomic mass is 15.3. The van der Waals surface area contributed by atoms with Crippen LogP contribution in [-0.2, 0) is 0 Å². The van der Waals surface area contributed by atoms with Crippen LogP contribution in [0.5, 0.6) is 0 Å². The van der Waals surface area contributed by atoms with Crippen LogP contribution in [0.25, 0.3) is 0 Å². The van der Waals surface area contributed by atoms with Crippen molar-refractivity contribution in [3.8, 4) is 0 Å². The third kappa shape index (κ3) is 3.39. The van der Waals surface area contributed by atoms with E-state index in [0.717, 1.165) is 48.5 Å². The Balaban J connectivity index is 2.36. The van der Waals surface area contributed by atoms with Crippen molar-refractivity contribution in [1.82, 2.24) is 9.97 Å². The summed E-state index contributed by atoms with van der Waals surface area (Å²) in [5, 5.41) is 0. The molecule has 0 unspecified atom stereocenters. The second-order valence-electron chi connectivity index (χ2n) is 6.07. The predicted molar refractivity (Wildman–Crippen MR) is 83.9 cm³/mol. The number of aromatic nitrogens is 2. The average Bonchev–Trinajstić information content (AvgIpc) is 3.22. The minimum absolute atomic E-state index is 0.297. The zero-order chi connectivity index (χ0) is 14.7. The number of hydrogen-bond donors (Lipinski definition) is 2. The first kappa shape index (κ1) is 15.0. The van der Waals surface area contributed by atoms with E-state index >= 15 is 0 Å². The molecule has 0 aliphatic heterocycles. The molecule has 0 radical (unpaired) electrons. The minimum Gasteiger partial charge on any atom is -0.356 e. The highest BCUT2D eigenvalue weighted by Gasteiger charge is 2.26. The van der Waals surface area contributed by atoms with E-state index in [-0.39, 0.29) is 0 Å². The Morgan fingerprint density at radius 3 is 2.55 bits per heavy atom. The molecule has 1 heterocycles. The van der Waals surface area contributed by atoms with Gasteiger partial charge in [-0.2, -0.15) is 0 Å². The maximum absolute atomic E-state index is 5.62. The zero-order valence-electron chi connectivity index (χ0n) is 13.1. The number of rotatable bonds is 7. The Morgan fingerprint density at radius 2 is 2.05 bits per heavy atom. The second kappa shape index (κ2) is 6.39. The summed E-state index contributed by atoms with van der Waals surface area (Å²) in [5.74, 6) is 9.40. The number of nitrogens with zero attached hydrogens (tertiary/aromatic N) is 3. The lowest BCUT2D eigenvalue weighted by Gasteiger charge is -2.26. The van der Waals surface area contributed by atoms with Crippen molar-refractivity contribution in [1.29, 1.82) is 0 Å². The lowest BCUT2D eigenvalue weighted by molar-refractivity contribution is 0.684. The van der Waals surface area contributed by atoms with Crippen LogP contribution < -0.4 is 16.2 Å². The number of anilines is 2. The highest BCUT2D eigenvalue weighted by molar-refractivity contribution is 5.58. The summed E-state index contributed by atoms with van der Waals surface area (Å²) in [6, 6.07) is 0. The smallest absolute Gasteiger partial charge is 0.148 e. The molecule has 2 rings (SSSR count). The molecule has 1 aromatic rings. The number of hydrogen-bond acceptors (Lipinski definition) is 5. The first-order valence-electron chi connectivity index (χ1n) is 7.66. The topological polar surface area (TPSA) is 67.1 Å². The Bertz CT molecular complexity index is 454. The van der Waals surface area contributed by atoms with Gasteiger partial charge in [-0.25, -0.2) is 15.8 Å². The van der Waals surface area contributed by atoms with Gasteiger partial charge in [0, 0.05) is 24.6 Å². The van der Waals surface area contributed by atoms with Crippen molar-refractivity contribution in [3.63, 3.8) is 0 Å². The van der Waals surface area contributed by atoms with Crippen LogP contribution in [0, 0.1) is 12.8 Å². The normalized spacial score (nSPS) is 14.7. The molecule has 1 aromatic heterocycles. The van der Waals surface area contributed by atoms with Gasteiger partial charge in [0.15, 0.2) is 0 Å². The van der Waals surface area contributed by atoms with Gasteiger partial charge in [-0.05, 0) is 32.1 Å². The Morgan fingerprint density at radius 1 is 1.35 bits per heavy atom. The second-order valence-corrected chi connectivity index (χ2v) is 6.07. The molecule has 1 aliphatic rings. The molecule has 0 aromatic carbocycles. The largest absolute Gasteiger partial charge is 0.356 e. The van der Waals surface area contributed by atoms with Crippen LogP contribution in [0.15, 0.2) is 0 Å². The number of nitrogens with two attached hydrogens (primary N) is 1.